The second kappa shape index (κ2) is 5.49. The lowest BCUT2D eigenvalue weighted by Gasteiger charge is -2.31. The van der Waals surface area contributed by atoms with Crippen LogP contribution < -0.4 is 11.1 Å². The van der Waals surface area contributed by atoms with Crippen LogP contribution in [-0.2, 0) is 9.59 Å². The van der Waals surface area contributed by atoms with Crippen LogP contribution in [0.5, 0.6) is 0 Å². The van der Waals surface area contributed by atoms with E-state index < -0.39 is 0 Å². The van der Waals surface area contributed by atoms with Gasteiger partial charge >= 0.3 is 0 Å². The molecule has 17 heavy (non-hydrogen) atoms. The fourth-order valence-electron chi connectivity index (χ4n) is 2.69. The second-order valence-corrected chi connectivity index (χ2v) is 5.02. The Morgan fingerprint density at radius 1 is 1.29 bits per heavy atom. The van der Waals surface area contributed by atoms with Gasteiger partial charge in [0.2, 0.25) is 11.8 Å². The lowest BCUT2D eigenvalue weighted by molar-refractivity contribution is -0.140. The van der Waals surface area contributed by atoms with Crippen molar-refractivity contribution in [2.75, 3.05) is 19.6 Å². The quantitative estimate of drug-likeness (QED) is 0.668. The highest BCUT2D eigenvalue weighted by Crippen LogP contribution is 2.25. The predicted molar refractivity (Wildman–Crippen MR) is 64.1 cm³/mol. The van der Waals surface area contributed by atoms with Crippen molar-refractivity contribution < 1.29 is 9.59 Å². The zero-order valence-electron chi connectivity index (χ0n) is 10.2. The summed E-state index contributed by atoms with van der Waals surface area (Å²) in [6, 6.07) is -0.0254. The van der Waals surface area contributed by atoms with Crippen LogP contribution >= 0.6 is 0 Å². The molecule has 2 fully saturated rings. The molecule has 1 heterocycles. The summed E-state index contributed by atoms with van der Waals surface area (Å²) in [5.41, 5.74) is 6.01. The van der Waals surface area contributed by atoms with Crippen molar-refractivity contribution in [2.45, 2.75) is 38.1 Å². The highest BCUT2D eigenvalue weighted by molar-refractivity contribution is 5.86. The molecule has 0 aromatic heterocycles. The van der Waals surface area contributed by atoms with E-state index in [2.05, 4.69) is 5.32 Å². The summed E-state index contributed by atoms with van der Waals surface area (Å²) in [5, 5.41) is 2.78. The van der Waals surface area contributed by atoms with Gasteiger partial charge in [-0.3, -0.25) is 9.59 Å². The van der Waals surface area contributed by atoms with Gasteiger partial charge in [0.25, 0.3) is 0 Å². The minimum atomic E-state index is -0.0744. The first-order valence-electron chi connectivity index (χ1n) is 6.49. The van der Waals surface area contributed by atoms with Gasteiger partial charge in [-0.2, -0.15) is 0 Å². The summed E-state index contributed by atoms with van der Waals surface area (Å²) in [7, 11) is 0. The average molecular weight is 239 g/mol. The molecule has 1 saturated carbocycles. The molecular formula is C12H21N3O2. The van der Waals surface area contributed by atoms with Crippen LogP contribution in [0.25, 0.3) is 0 Å². The molecule has 3 N–H and O–H groups in total. The summed E-state index contributed by atoms with van der Waals surface area (Å²) in [6.45, 7) is 1.53. The van der Waals surface area contributed by atoms with Gasteiger partial charge in [-0.15, -0.1) is 0 Å². The van der Waals surface area contributed by atoms with E-state index in [1.165, 1.54) is 0 Å². The van der Waals surface area contributed by atoms with Crippen LogP contribution in [0.15, 0.2) is 0 Å². The summed E-state index contributed by atoms with van der Waals surface area (Å²) >= 11 is 0. The van der Waals surface area contributed by atoms with Crippen LogP contribution in [0.2, 0.25) is 0 Å². The van der Waals surface area contributed by atoms with Crippen molar-refractivity contribution in [3.63, 3.8) is 0 Å². The Kier molecular flexibility index (Phi) is 3.99. The van der Waals surface area contributed by atoms with Crippen molar-refractivity contribution in [2.24, 2.45) is 11.7 Å². The van der Waals surface area contributed by atoms with Gasteiger partial charge in [0.15, 0.2) is 0 Å². The number of nitrogens with two attached hydrogens (primary N) is 1. The van der Waals surface area contributed by atoms with Gasteiger partial charge in [0, 0.05) is 19.1 Å². The molecule has 5 nitrogen and oxygen atoms in total. The van der Waals surface area contributed by atoms with E-state index in [4.69, 9.17) is 5.73 Å². The lowest BCUT2D eigenvalue weighted by Crippen LogP contribution is -2.47. The topological polar surface area (TPSA) is 75.4 Å². The van der Waals surface area contributed by atoms with Crippen LogP contribution in [0.3, 0.4) is 0 Å². The number of hydrogen-bond acceptors (Lipinski definition) is 3. The fraction of sp³-hybridized carbons (Fsp3) is 0.833. The van der Waals surface area contributed by atoms with Gasteiger partial charge < -0.3 is 16.0 Å². The number of hydrogen-bond donors (Lipinski definition) is 2. The average Bonchev–Trinajstić information content (AvgIpc) is 2.54. The van der Waals surface area contributed by atoms with Gasteiger partial charge in [-0.1, -0.05) is 12.8 Å². The molecule has 0 radical (unpaired) electrons. The molecule has 2 unspecified atom stereocenters. The largest absolute Gasteiger partial charge is 0.354 e. The Morgan fingerprint density at radius 3 is 2.82 bits per heavy atom. The van der Waals surface area contributed by atoms with Gasteiger partial charge in [-0.25, -0.2) is 0 Å². The Hall–Kier alpha value is -1.10. The molecule has 2 atom stereocenters. The van der Waals surface area contributed by atoms with Gasteiger partial charge in [0.05, 0.1) is 12.5 Å². The lowest BCUT2D eigenvalue weighted by atomic mass is 9.84. The van der Waals surface area contributed by atoms with Gasteiger partial charge in [0.1, 0.15) is 0 Å². The van der Waals surface area contributed by atoms with Crippen molar-refractivity contribution in [1.29, 1.82) is 0 Å². The minimum absolute atomic E-state index is 0.0254. The number of rotatable bonds is 1. The number of nitrogens with one attached hydrogen (secondary N) is 1. The highest BCUT2D eigenvalue weighted by Gasteiger charge is 2.32. The second-order valence-electron chi connectivity index (χ2n) is 5.02. The Balaban J connectivity index is 1.99. The van der Waals surface area contributed by atoms with Crippen LogP contribution in [0, 0.1) is 5.92 Å². The van der Waals surface area contributed by atoms with E-state index in [9.17, 15) is 9.59 Å². The third-order valence-electron chi connectivity index (χ3n) is 3.71. The van der Waals surface area contributed by atoms with Crippen molar-refractivity contribution >= 4 is 11.8 Å². The molecule has 1 aliphatic carbocycles. The van der Waals surface area contributed by atoms with E-state index in [0.29, 0.717) is 13.1 Å². The zero-order chi connectivity index (χ0) is 12.3. The Morgan fingerprint density at radius 2 is 2.06 bits per heavy atom. The summed E-state index contributed by atoms with van der Waals surface area (Å²) in [6.07, 6.45) is 4.82. The maximum atomic E-state index is 12.3. The highest BCUT2D eigenvalue weighted by atomic mass is 16.2. The first kappa shape index (κ1) is 12.4. The maximum Gasteiger partial charge on any atom is 0.239 e. The van der Waals surface area contributed by atoms with Crippen LogP contribution in [0.1, 0.15) is 32.1 Å². The summed E-state index contributed by atoms with van der Waals surface area (Å²) < 4.78 is 0. The smallest absolute Gasteiger partial charge is 0.239 e. The number of nitrogens with zero attached hydrogens (tertiary/aromatic N) is 1. The first-order chi connectivity index (χ1) is 8.18. The molecule has 1 saturated heterocycles. The maximum absolute atomic E-state index is 12.3. The number of carbonyl (C=O) groups excluding carboxylic acids is 2. The molecule has 0 aromatic rings. The monoisotopic (exact) mass is 239 g/mol. The molecule has 2 rings (SSSR count). The van der Waals surface area contributed by atoms with Crippen molar-refractivity contribution in [1.82, 2.24) is 10.2 Å². The SMILES string of the molecule is NC1CCCCC1C(=O)N1CCCNC(=O)C1. The normalized spacial score (nSPS) is 30.6. The zero-order valence-corrected chi connectivity index (χ0v) is 10.2. The fourth-order valence-corrected chi connectivity index (χ4v) is 2.69. The summed E-state index contributed by atoms with van der Waals surface area (Å²) in [4.78, 5) is 25.4. The molecule has 5 heteroatoms. The molecule has 2 amide bonds. The van der Waals surface area contributed by atoms with E-state index in [-0.39, 0.29) is 30.3 Å². The molecule has 2 aliphatic rings. The van der Waals surface area contributed by atoms with E-state index >= 15 is 0 Å². The molecule has 0 spiro atoms. The van der Waals surface area contributed by atoms with Crippen LogP contribution in [0.4, 0.5) is 0 Å². The molecule has 96 valence electrons. The standard InChI is InChI=1S/C12H21N3O2/c13-10-5-2-1-4-9(10)12(17)15-7-3-6-14-11(16)8-15/h9-10H,1-8,13H2,(H,14,16). The predicted octanol–water partition coefficient (Wildman–Crippen LogP) is -0.148. The van der Waals surface area contributed by atoms with Crippen LogP contribution in [-0.4, -0.2) is 42.4 Å². The molecular weight excluding hydrogens is 218 g/mol. The molecule has 0 aromatic carbocycles. The molecule has 1 aliphatic heterocycles. The first-order valence-corrected chi connectivity index (χ1v) is 6.49. The van der Waals surface area contributed by atoms with Gasteiger partial charge in [-0.05, 0) is 19.3 Å². The molecule has 0 bridgehead atoms. The minimum Gasteiger partial charge on any atom is -0.354 e. The number of amides is 2. The van der Waals surface area contributed by atoms with E-state index in [0.717, 1.165) is 32.1 Å². The number of carbonyl (C=O) groups is 2. The van der Waals surface area contributed by atoms with Crippen molar-refractivity contribution in [3.05, 3.63) is 0 Å². The third kappa shape index (κ3) is 2.97. The Labute approximate surface area is 102 Å². The summed E-state index contributed by atoms with van der Waals surface area (Å²) in [5.74, 6) is -0.0517. The van der Waals surface area contributed by atoms with Crippen molar-refractivity contribution in [3.8, 4) is 0 Å². The third-order valence-corrected chi connectivity index (χ3v) is 3.71. The Bertz CT molecular complexity index is 306. The van der Waals surface area contributed by atoms with E-state index in [1.54, 1.807) is 4.90 Å². The van der Waals surface area contributed by atoms with E-state index in [1.807, 2.05) is 0 Å².